The maximum Gasteiger partial charge on any atom is 0.321 e. The third kappa shape index (κ3) is 4.48. The molecule has 2 amide bonds. The third-order valence-corrected chi connectivity index (χ3v) is 4.07. The van der Waals surface area contributed by atoms with Crippen molar-refractivity contribution in [2.24, 2.45) is 11.8 Å². The lowest BCUT2D eigenvalue weighted by atomic mass is 9.85. The molecule has 0 radical (unpaired) electrons. The maximum atomic E-state index is 12.3. The normalized spacial score (nSPS) is 19.9. The van der Waals surface area contributed by atoms with E-state index in [-0.39, 0.29) is 24.3 Å². The summed E-state index contributed by atoms with van der Waals surface area (Å²) in [6.45, 7) is 3.32. The van der Waals surface area contributed by atoms with E-state index in [4.69, 9.17) is 5.11 Å². The van der Waals surface area contributed by atoms with Crippen molar-refractivity contribution in [2.45, 2.75) is 26.2 Å². The van der Waals surface area contributed by atoms with E-state index in [9.17, 15) is 9.59 Å². The molecular formula is C16H22N2O3. The van der Waals surface area contributed by atoms with E-state index >= 15 is 0 Å². The number of aliphatic carboxylic acids is 1. The largest absolute Gasteiger partial charge is 0.481 e. The average Bonchev–Trinajstić information content (AvgIpc) is 2.47. The van der Waals surface area contributed by atoms with Crippen LogP contribution in [0.3, 0.4) is 0 Å². The fraction of sp³-hybridized carbons (Fsp3) is 0.500. The van der Waals surface area contributed by atoms with E-state index in [0.29, 0.717) is 6.54 Å². The molecule has 114 valence electrons. The van der Waals surface area contributed by atoms with Crippen molar-refractivity contribution in [1.29, 1.82) is 0 Å². The van der Waals surface area contributed by atoms with Gasteiger partial charge in [0.1, 0.15) is 0 Å². The Bertz CT molecular complexity index is 490. The van der Waals surface area contributed by atoms with Crippen molar-refractivity contribution in [3.63, 3.8) is 0 Å². The molecule has 1 fully saturated rings. The third-order valence-electron chi connectivity index (χ3n) is 4.07. The predicted molar refractivity (Wildman–Crippen MR) is 81.2 cm³/mol. The molecule has 1 saturated heterocycles. The summed E-state index contributed by atoms with van der Waals surface area (Å²) in [5, 5.41) is 11.8. The Balaban J connectivity index is 1.91. The van der Waals surface area contributed by atoms with Crippen molar-refractivity contribution in [3.8, 4) is 0 Å². The zero-order chi connectivity index (χ0) is 15.2. The number of piperidine rings is 1. The summed E-state index contributed by atoms with van der Waals surface area (Å²) in [5.74, 6) is -0.417. The number of carboxylic acids is 1. The van der Waals surface area contributed by atoms with Gasteiger partial charge in [0.2, 0.25) is 0 Å². The van der Waals surface area contributed by atoms with E-state index in [1.165, 1.54) is 0 Å². The van der Waals surface area contributed by atoms with Gasteiger partial charge in [0, 0.05) is 25.2 Å². The lowest BCUT2D eigenvalue weighted by Crippen LogP contribution is -2.44. The van der Waals surface area contributed by atoms with Crippen LogP contribution in [0.1, 0.15) is 26.2 Å². The minimum atomic E-state index is -0.770. The van der Waals surface area contributed by atoms with Crippen LogP contribution in [0.2, 0.25) is 0 Å². The number of nitrogens with one attached hydrogen (secondary N) is 1. The first-order valence-corrected chi connectivity index (χ1v) is 7.39. The molecule has 2 rings (SSSR count). The summed E-state index contributed by atoms with van der Waals surface area (Å²) in [5.41, 5.74) is 0.781. The zero-order valence-electron chi connectivity index (χ0n) is 12.3. The first kappa shape index (κ1) is 15.4. The molecule has 2 atom stereocenters. The Morgan fingerprint density at radius 1 is 1.38 bits per heavy atom. The highest BCUT2D eigenvalue weighted by molar-refractivity contribution is 5.89. The fourth-order valence-electron chi connectivity index (χ4n) is 2.83. The molecule has 1 aromatic rings. The predicted octanol–water partition coefficient (Wildman–Crippen LogP) is 3.04. The van der Waals surface area contributed by atoms with Crippen LogP contribution in [-0.4, -0.2) is 35.1 Å². The quantitative estimate of drug-likeness (QED) is 0.895. The van der Waals surface area contributed by atoms with E-state index in [1.807, 2.05) is 37.3 Å². The minimum Gasteiger partial charge on any atom is -0.481 e. The Labute approximate surface area is 125 Å². The van der Waals surface area contributed by atoms with Gasteiger partial charge in [0.25, 0.3) is 0 Å². The fourth-order valence-corrected chi connectivity index (χ4v) is 2.83. The molecule has 1 heterocycles. The smallest absolute Gasteiger partial charge is 0.321 e. The molecular weight excluding hydrogens is 268 g/mol. The number of carbonyl (C=O) groups is 2. The number of anilines is 1. The minimum absolute atomic E-state index is 0.0924. The molecule has 0 bridgehead atoms. The molecule has 0 saturated carbocycles. The molecule has 5 heteroatoms. The second-order valence-corrected chi connectivity index (χ2v) is 5.72. The molecule has 5 nitrogen and oxygen atoms in total. The van der Waals surface area contributed by atoms with Crippen LogP contribution in [-0.2, 0) is 4.79 Å². The molecule has 1 aromatic carbocycles. The van der Waals surface area contributed by atoms with Gasteiger partial charge in [-0.3, -0.25) is 4.79 Å². The van der Waals surface area contributed by atoms with Gasteiger partial charge >= 0.3 is 12.0 Å². The number of benzene rings is 1. The lowest BCUT2D eigenvalue weighted by molar-refractivity contribution is -0.138. The van der Waals surface area contributed by atoms with Gasteiger partial charge in [-0.1, -0.05) is 25.1 Å². The number of amides is 2. The van der Waals surface area contributed by atoms with Crippen LogP contribution in [0.15, 0.2) is 30.3 Å². The molecule has 0 aromatic heterocycles. The lowest BCUT2D eigenvalue weighted by Gasteiger charge is -2.35. The monoisotopic (exact) mass is 290 g/mol. The number of para-hydroxylation sites is 1. The molecule has 1 aliphatic heterocycles. The van der Waals surface area contributed by atoms with Gasteiger partial charge in [-0.2, -0.15) is 0 Å². The summed E-state index contributed by atoms with van der Waals surface area (Å²) in [4.78, 5) is 24.9. The molecule has 2 N–H and O–H groups in total. The second kappa shape index (κ2) is 7.11. The average molecular weight is 290 g/mol. The van der Waals surface area contributed by atoms with Crippen LogP contribution in [0.5, 0.6) is 0 Å². The van der Waals surface area contributed by atoms with Gasteiger partial charge in [-0.25, -0.2) is 4.79 Å². The van der Waals surface area contributed by atoms with Gasteiger partial charge in [0.15, 0.2) is 0 Å². The number of carbonyl (C=O) groups excluding carboxylic acids is 1. The van der Waals surface area contributed by atoms with Gasteiger partial charge in [-0.15, -0.1) is 0 Å². The van der Waals surface area contributed by atoms with Gasteiger partial charge < -0.3 is 15.3 Å². The Hall–Kier alpha value is -2.04. The van der Waals surface area contributed by atoms with Crippen molar-refractivity contribution in [3.05, 3.63) is 30.3 Å². The summed E-state index contributed by atoms with van der Waals surface area (Å²) in [6.07, 6.45) is 2.08. The van der Waals surface area contributed by atoms with Crippen molar-refractivity contribution < 1.29 is 14.7 Å². The highest BCUT2D eigenvalue weighted by Gasteiger charge is 2.28. The SMILES string of the molecule is CC(CC(=O)O)C1CCCN(C(=O)Nc2ccccc2)C1. The first-order chi connectivity index (χ1) is 10.1. The second-order valence-electron chi connectivity index (χ2n) is 5.72. The Kier molecular flexibility index (Phi) is 5.20. The number of hydrogen-bond donors (Lipinski definition) is 2. The van der Waals surface area contributed by atoms with Crippen molar-refractivity contribution in [1.82, 2.24) is 4.90 Å². The van der Waals surface area contributed by atoms with Crippen LogP contribution in [0, 0.1) is 11.8 Å². The topological polar surface area (TPSA) is 69.6 Å². The van der Waals surface area contributed by atoms with Gasteiger partial charge in [-0.05, 0) is 36.8 Å². The highest BCUT2D eigenvalue weighted by Crippen LogP contribution is 2.26. The molecule has 0 spiro atoms. The van der Waals surface area contributed by atoms with Gasteiger partial charge in [0.05, 0.1) is 0 Å². The zero-order valence-corrected chi connectivity index (χ0v) is 12.3. The number of likely N-dealkylation sites (tertiary alicyclic amines) is 1. The standard InChI is InChI=1S/C16H22N2O3/c1-12(10-15(19)20)13-6-5-9-18(11-13)16(21)17-14-7-3-2-4-8-14/h2-4,7-8,12-13H,5-6,9-11H2,1H3,(H,17,21)(H,19,20). The van der Waals surface area contributed by atoms with Crippen LogP contribution in [0.25, 0.3) is 0 Å². The summed E-state index contributed by atoms with van der Waals surface area (Å²) in [6, 6.07) is 9.26. The number of carboxylic acid groups (broad SMARTS) is 1. The first-order valence-electron chi connectivity index (χ1n) is 7.39. The Morgan fingerprint density at radius 3 is 2.76 bits per heavy atom. The number of rotatable bonds is 4. The molecule has 21 heavy (non-hydrogen) atoms. The molecule has 0 aliphatic carbocycles. The summed E-state index contributed by atoms with van der Waals surface area (Å²) < 4.78 is 0. The van der Waals surface area contributed by atoms with E-state index in [1.54, 1.807) is 4.90 Å². The Morgan fingerprint density at radius 2 is 2.10 bits per heavy atom. The van der Waals surface area contributed by atoms with E-state index in [0.717, 1.165) is 25.1 Å². The summed E-state index contributed by atoms with van der Waals surface area (Å²) >= 11 is 0. The van der Waals surface area contributed by atoms with Crippen LogP contribution >= 0.6 is 0 Å². The molecule has 2 unspecified atom stereocenters. The molecule has 1 aliphatic rings. The maximum absolute atomic E-state index is 12.3. The van der Waals surface area contributed by atoms with E-state index < -0.39 is 5.97 Å². The highest BCUT2D eigenvalue weighted by atomic mass is 16.4. The number of urea groups is 1. The number of nitrogens with zero attached hydrogens (tertiary/aromatic N) is 1. The summed E-state index contributed by atoms with van der Waals surface area (Å²) in [7, 11) is 0. The van der Waals surface area contributed by atoms with Crippen molar-refractivity contribution >= 4 is 17.7 Å². The van der Waals surface area contributed by atoms with Crippen molar-refractivity contribution in [2.75, 3.05) is 18.4 Å². The van der Waals surface area contributed by atoms with E-state index in [2.05, 4.69) is 5.32 Å². The number of hydrogen-bond acceptors (Lipinski definition) is 2. The van der Waals surface area contributed by atoms with Crippen LogP contribution in [0.4, 0.5) is 10.5 Å². The van der Waals surface area contributed by atoms with Crippen LogP contribution < -0.4 is 5.32 Å².